The molecule has 0 saturated heterocycles. The third-order valence-corrected chi connectivity index (χ3v) is 5.21. The van der Waals surface area contributed by atoms with Gasteiger partial charge < -0.3 is 4.98 Å². The zero-order valence-electron chi connectivity index (χ0n) is 11.1. The Kier molecular flexibility index (Phi) is 2.80. The van der Waals surface area contributed by atoms with E-state index in [1.54, 1.807) is 6.20 Å². The molecule has 1 saturated carbocycles. The molecule has 0 amide bonds. The van der Waals surface area contributed by atoms with Crippen LogP contribution in [0.4, 0.5) is 0 Å². The normalized spacial score (nSPS) is 17.0. The van der Waals surface area contributed by atoms with Crippen molar-refractivity contribution in [2.75, 3.05) is 0 Å². The van der Waals surface area contributed by atoms with E-state index in [0.29, 0.717) is 10.6 Å². The highest BCUT2D eigenvalue weighted by Crippen LogP contribution is 2.33. The minimum Gasteiger partial charge on any atom is -0.309 e. The zero-order chi connectivity index (χ0) is 13.5. The number of fused-ring (bicyclic) bond motifs is 3. The highest BCUT2D eigenvalue weighted by atomic mass is 32.1. The topological polar surface area (TPSA) is 58.6 Å². The first-order valence-electron chi connectivity index (χ1n) is 7.10. The van der Waals surface area contributed by atoms with Crippen LogP contribution in [0.3, 0.4) is 0 Å². The van der Waals surface area contributed by atoms with Crippen LogP contribution in [0.2, 0.25) is 0 Å². The van der Waals surface area contributed by atoms with Gasteiger partial charge in [0.2, 0.25) is 0 Å². The van der Waals surface area contributed by atoms with Gasteiger partial charge in [0.15, 0.2) is 0 Å². The van der Waals surface area contributed by atoms with Crippen LogP contribution >= 0.6 is 11.3 Å². The van der Waals surface area contributed by atoms with Crippen molar-refractivity contribution in [3.8, 4) is 0 Å². The van der Waals surface area contributed by atoms with Gasteiger partial charge in [0.05, 0.1) is 5.52 Å². The number of H-pyrrole nitrogens is 1. The summed E-state index contributed by atoms with van der Waals surface area (Å²) in [6, 6.07) is 3.90. The number of aromatic nitrogens is 3. The fraction of sp³-hybridized carbons (Fsp3) is 0.400. The number of hydrogen-bond donors (Lipinski definition) is 1. The predicted octanol–water partition coefficient (Wildman–Crippen LogP) is 3.58. The van der Waals surface area contributed by atoms with E-state index in [4.69, 9.17) is 4.98 Å². The van der Waals surface area contributed by atoms with Gasteiger partial charge >= 0.3 is 0 Å². The number of aromatic amines is 1. The second-order valence-corrected chi connectivity index (χ2v) is 6.42. The maximum Gasteiger partial charge on any atom is 0.268 e. The minimum atomic E-state index is -0.0152. The van der Waals surface area contributed by atoms with Crippen LogP contribution < -0.4 is 5.56 Å². The van der Waals surface area contributed by atoms with Crippen molar-refractivity contribution in [3.63, 3.8) is 0 Å². The van der Waals surface area contributed by atoms with Crippen molar-refractivity contribution >= 4 is 31.8 Å². The van der Waals surface area contributed by atoms with E-state index in [0.717, 1.165) is 34.4 Å². The molecule has 0 aromatic carbocycles. The monoisotopic (exact) mass is 285 g/mol. The molecule has 1 N–H and O–H groups in total. The Hall–Kier alpha value is -1.75. The van der Waals surface area contributed by atoms with E-state index in [1.807, 2.05) is 12.1 Å². The molecule has 20 heavy (non-hydrogen) atoms. The summed E-state index contributed by atoms with van der Waals surface area (Å²) in [7, 11) is 0. The maximum absolute atomic E-state index is 12.3. The molecule has 1 aliphatic rings. The van der Waals surface area contributed by atoms with Gasteiger partial charge in [0.1, 0.15) is 15.4 Å². The molecule has 0 radical (unpaired) electrons. The molecule has 3 aromatic heterocycles. The van der Waals surface area contributed by atoms with E-state index in [9.17, 15) is 4.79 Å². The van der Waals surface area contributed by atoms with Crippen LogP contribution in [0.5, 0.6) is 0 Å². The third kappa shape index (κ3) is 1.85. The molecule has 102 valence electrons. The number of rotatable bonds is 1. The molecule has 0 atom stereocenters. The Morgan fingerprint density at radius 2 is 2.10 bits per heavy atom. The van der Waals surface area contributed by atoms with Crippen LogP contribution in [0.15, 0.2) is 23.1 Å². The molecule has 0 bridgehead atoms. The fourth-order valence-corrected chi connectivity index (χ4v) is 4.05. The van der Waals surface area contributed by atoms with Gasteiger partial charge in [-0.3, -0.25) is 4.79 Å². The summed E-state index contributed by atoms with van der Waals surface area (Å²) in [6.45, 7) is 0. The number of hydrogen-bond acceptors (Lipinski definition) is 4. The SMILES string of the molecule is O=c1[nH]c(C2CCCCC2)nc2c1sc1ncccc12. The lowest BCUT2D eigenvalue weighted by Gasteiger charge is -2.20. The Bertz CT molecular complexity index is 830. The fourth-order valence-electron chi connectivity index (χ4n) is 3.08. The highest BCUT2D eigenvalue weighted by Gasteiger charge is 2.20. The van der Waals surface area contributed by atoms with Crippen LogP contribution in [-0.2, 0) is 0 Å². The highest BCUT2D eigenvalue weighted by molar-refractivity contribution is 7.25. The van der Waals surface area contributed by atoms with Crippen LogP contribution in [-0.4, -0.2) is 15.0 Å². The van der Waals surface area contributed by atoms with Crippen molar-refractivity contribution in [2.45, 2.75) is 38.0 Å². The average Bonchev–Trinajstić information content (AvgIpc) is 2.88. The molecule has 3 aromatic rings. The summed E-state index contributed by atoms with van der Waals surface area (Å²) in [5, 5.41) is 0.996. The molecular formula is C15H15N3OS. The largest absolute Gasteiger partial charge is 0.309 e. The lowest BCUT2D eigenvalue weighted by atomic mass is 9.88. The van der Waals surface area contributed by atoms with Gasteiger partial charge in [0, 0.05) is 17.5 Å². The smallest absolute Gasteiger partial charge is 0.268 e. The number of nitrogens with one attached hydrogen (secondary N) is 1. The second-order valence-electron chi connectivity index (χ2n) is 5.42. The third-order valence-electron chi connectivity index (χ3n) is 4.11. The van der Waals surface area contributed by atoms with Gasteiger partial charge in [-0.05, 0) is 25.0 Å². The van der Waals surface area contributed by atoms with Crippen molar-refractivity contribution in [1.82, 2.24) is 15.0 Å². The van der Waals surface area contributed by atoms with Gasteiger partial charge in [-0.15, -0.1) is 11.3 Å². The molecule has 0 aliphatic heterocycles. The molecule has 4 rings (SSSR count). The zero-order valence-corrected chi connectivity index (χ0v) is 11.9. The summed E-state index contributed by atoms with van der Waals surface area (Å²) >= 11 is 1.43. The molecular weight excluding hydrogens is 270 g/mol. The van der Waals surface area contributed by atoms with Crippen molar-refractivity contribution < 1.29 is 0 Å². The van der Waals surface area contributed by atoms with E-state index >= 15 is 0 Å². The van der Waals surface area contributed by atoms with E-state index < -0.39 is 0 Å². The van der Waals surface area contributed by atoms with E-state index in [1.165, 1.54) is 30.6 Å². The summed E-state index contributed by atoms with van der Waals surface area (Å²) in [6.07, 6.45) is 7.79. The lowest BCUT2D eigenvalue weighted by molar-refractivity contribution is 0.429. The van der Waals surface area contributed by atoms with Crippen LogP contribution in [0.1, 0.15) is 43.8 Å². The van der Waals surface area contributed by atoms with E-state index in [2.05, 4.69) is 9.97 Å². The molecule has 4 nitrogen and oxygen atoms in total. The van der Waals surface area contributed by atoms with Gasteiger partial charge in [0.25, 0.3) is 5.56 Å². The van der Waals surface area contributed by atoms with Gasteiger partial charge in [-0.25, -0.2) is 9.97 Å². The molecule has 3 heterocycles. The minimum absolute atomic E-state index is 0.0152. The maximum atomic E-state index is 12.3. The van der Waals surface area contributed by atoms with Crippen molar-refractivity contribution in [2.24, 2.45) is 0 Å². The Balaban J connectivity index is 1.95. The number of pyridine rings is 1. The summed E-state index contributed by atoms with van der Waals surface area (Å²) in [4.78, 5) is 25.3. The number of thiophene rings is 1. The van der Waals surface area contributed by atoms with E-state index in [-0.39, 0.29) is 5.56 Å². The molecule has 5 heteroatoms. The van der Waals surface area contributed by atoms with Crippen molar-refractivity contribution in [3.05, 3.63) is 34.5 Å². The summed E-state index contributed by atoms with van der Waals surface area (Å²) in [5.41, 5.74) is 0.806. The molecule has 1 aliphatic carbocycles. The first-order valence-corrected chi connectivity index (χ1v) is 7.92. The Labute approximate surface area is 119 Å². The summed E-state index contributed by atoms with van der Waals surface area (Å²) in [5.74, 6) is 1.28. The second kappa shape index (κ2) is 4.66. The number of nitrogens with zero attached hydrogens (tertiary/aromatic N) is 2. The standard InChI is InChI=1S/C15H15N3OS/c19-14-12-11(10-7-4-8-16-15(10)20-12)17-13(18-14)9-5-2-1-3-6-9/h4,7-9H,1-3,5-6H2,(H,17,18,19). The molecule has 1 fully saturated rings. The Morgan fingerprint density at radius 3 is 2.95 bits per heavy atom. The first-order chi connectivity index (χ1) is 9.83. The quantitative estimate of drug-likeness (QED) is 0.743. The van der Waals surface area contributed by atoms with Crippen molar-refractivity contribution in [1.29, 1.82) is 0 Å². The summed E-state index contributed by atoms with van der Waals surface area (Å²) < 4.78 is 0.693. The molecule has 0 spiro atoms. The predicted molar refractivity (Wildman–Crippen MR) is 81.4 cm³/mol. The first kappa shape index (κ1) is 12.0. The van der Waals surface area contributed by atoms with Gasteiger partial charge in [-0.1, -0.05) is 19.3 Å². The van der Waals surface area contributed by atoms with Crippen LogP contribution in [0.25, 0.3) is 20.4 Å². The average molecular weight is 285 g/mol. The molecule has 0 unspecified atom stereocenters. The van der Waals surface area contributed by atoms with Gasteiger partial charge in [-0.2, -0.15) is 0 Å². The lowest BCUT2D eigenvalue weighted by Crippen LogP contribution is -2.15. The van der Waals surface area contributed by atoms with Crippen LogP contribution in [0, 0.1) is 0 Å². The Morgan fingerprint density at radius 1 is 1.25 bits per heavy atom.